The molecule has 0 bridgehead atoms. The maximum absolute atomic E-state index is 13.6. The zero-order valence-electron chi connectivity index (χ0n) is 13.9. The molecule has 0 atom stereocenters. The molecule has 0 saturated heterocycles. The molecule has 0 aliphatic heterocycles. The van der Waals surface area contributed by atoms with Crippen molar-refractivity contribution in [2.45, 2.75) is 13.1 Å². The van der Waals surface area contributed by atoms with Gasteiger partial charge in [0.15, 0.2) is 0 Å². The van der Waals surface area contributed by atoms with E-state index in [1.807, 2.05) is 24.3 Å². The Morgan fingerprint density at radius 2 is 1.81 bits per heavy atom. The first kappa shape index (κ1) is 17.9. The van der Waals surface area contributed by atoms with Gasteiger partial charge in [-0.05, 0) is 35.9 Å². The number of anilines is 1. The maximum Gasteiger partial charge on any atom is 0.251 e. The SMILES string of the molecule is O=C(NCc1ccccc1F)c1ccnc(NCc2ccc(Cl)cc2)c1. The van der Waals surface area contributed by atoms with Crippen LogP contribution in [-0.4, -0.2) is 10.9 Å². The zero-order chi connectivity index (χ0) is 18.4. The molecule has 0 aliphatic carbocycles. The summed E-state index contributed by atoms with van der Waals surface area (Å²) in [7, 11) is 0. The molecule has 4 nitrogen and oxygen atoms in total. The molecule has 3 aromatic rings. The van der Waals surface area contributed by atoms with E-state index in [2.05, 4.69) is 15.6 Å². The lowest BCUT2D eigenvalue weighted by atomic mass is 10.2. The summed E-state index contributed by atoms with van der Waals surface area (Å²) in [4.78, 5) is 16.5. The minimum absolute atomic E-state index is 0.126. The van der Waals surface area contributed by atoms with Gasteiger partial charge in [0, 0.05) is 35.4 Å². The Hall–Kier alpha value is -2.92. The molecule has 0 radical (unpaired) electrons. The van der Waals surface area contributed by atoms with Crippen molar-refractivity contribution in [2.24, 2.45) is 0 Å². The van der Waals surface area contributed by atoms with Gasteiger partial charge >= 0.3 is 0 Å². The number of aromatic nitrogens is 1. The molecule has 3 rings (SSSR count). The summed E-state index contributed by atoms with van der Waals surface area (Å²) < 4.78 is 13.6. The van der Waals surface area contributed by atoms with Crippen molar-refractivity contribution in [3.8, 4) is 0 Å². The number of amides is 1. The van der Waals surface area contributed by atoms with Crippen LogP contribution in [-0.2, 0) is 13.1 Å². The maximum atomic E-state index is 13.6. The molecule has 0 fully saturated rings. The van der Waals surface area contributed by atoms with E-state index in [9.17, 15) is 9.18 Å². The Kier molecular flexibility index (Phi) is 5.81. The smallest absolute Gasteiger partial charge is 0.251 e. The molecule has 0 saturated carbocycles. The van der Waals surface area contributed by atoms with Crippen LogP contribution < -0.4 is 10.6 Å². The lowest BCUT2D eigenvalue weighted by molar-refractivity contribution is 0.0950. The molecule has 2 aromatic carbocycles. The molecule has 1 heterocycles. The van der Waals surface area contributed by atoms with Crippen molar-refractivity contribution in [3.05, 3.63) is 94.4 Å². The van der Waals surface area contributed by atoms with E-state index in [1.54, 1.807) is 36.5 Å². The first-order valence-corrected chi connectivity index (χ1v) is 8.45. The fourth-order valence-corrected chi connectivity index (χ4v) is 2.51. The van der Waals surface area contributed by atoms with Crippen molar-refractivity contribution < 1.29 is 9.18 Å². The van der Waals surface area contributed by atoms with Gasteiger partial charge in [-0.1, -0.05) is 41.9 Å². The van der Waals surface area contributed by atoms with Crippen LogP contribution in [0.25, 0.3) is 0 Å². The van der Waals surface area contributed by atoms with Crippen LogP contribution in [0.5, 0.6) is 0 Å². The second-order valence-electron chi connectivity index (χ2n) is 5.68. The molecule has 6 heteroatoms. The molecule has 2 N–H and O–H groups in total. The quantitative estimate of drug-likeness (QED) is 0.676. The van der Waals surface area contributed by atoms with Gasteiger partial charge in [0.1, 0.15) is 11.6 Å². The summed E-state index contributed by atoms with van der Waals surface area (Å²) in [5, 5.41) is 6.56. The summed E-state index contributed by atoms with van der Waals surface area (Å²) >= 11 is 5.87. The highest BCUT2D eigenvalue weighted by molar-refractivity contribution is 6.30. The van der Waals surface area contributed by atoms with Crippen LogP contribution in [0.3, 0.4) is 0 Å². The van der Waals surface area contributed by atoms with Crippen LogP contribution in [0.1, 0.15) is 21.5 Å². The Labute approximate surface area is 156 Å². The molecule has 1 aromatic heterocycles. The highest BCUT2D eigenvalue weighted by atomic mass is 35.5. The van der Waals surface area contributed by atoms with Gasteiger partial charge in [0.05, 0.1) is 0 Å². The first-order chi connectivity index (χ1) is 12.6. The van der Waals surface area contributed by atoms with E-state index in [0.29, 0.717) is 28.5 Å². The van der Waals surface area contributed by atoms with Crippen molar-refractivity contribution in [3.63, 3.8) is 0 Å². The van der Waals surface area contributed by atoms with E-state index in [0.717, 1.165) is 5.56 Å². The average molecular weight is 370 g/mol. The fraction of sp³-hybridized carbons (Fsp3) is 0.100. The number of hydrogen-bond donors (Lipinski definition) is 2. The molecule has 1 amide bonds. The Bertz CT molecular complexity index is 900. The van der Waals surface area contributed by atoms with Crippen LogP contribution in [0, 0.1) is 5.82 Å². The summed E-state index contributed by atoms with van der Waals surface area (Å²) in [6.45, 7) is 0.686. The predicted octanol–water partition coefficient (Wildman–Crippen LogP) is 4.42. The fourth-order valence-electron chi connectivity index (χ4n) is 2.38. The first-order valence-electron chi connectivity index (χ1n) is 8.08. The number of rotatable bonds is 6. The van der Waals surface area contributed by atoms with Crippen LogP contribution >= 0.6 is 11.6 Å². The topological polar surface area (TPSA) is 54.0 Å². The van der Waals surface area contributed by atoms with E-state index in [4.69, 9.17) is 11.6 Å². The largest absolute Gasteiger partial charge is 0.366 e. The lowest BCUT2D eigenvalue weighted by Crippen LogP contribution is -2.23. The Morgan fingerprint density at radius 3 is 2.58 bits per heavy atom. The molecular weight excluding hydrogens is 353 g/mol. The molecule has 26 heavy (non-hydrogen) atoms. The number of pyridine rings is 1. The van der Waals surface area contributed by atoms with Crippen molar-refractivity contribution in [1.82, 2.24) is 10.3 Å². The van der Waals surface area contributed by atoms with Gasteiger partial charge in [0.25, 0.3) is 5.91 Å². The van der Waals surface area contributed by atoms with Gasteiger partial charge in [-0.25, -0.2) is 9.37 Å². The number of benzene rings is 2. The predicted molar refractivity (Wildman–Crippen MR) is 101 cm³/mol. The van der Waals surface area contributed by atoms with Crippen molar-refractivity contribution in [2.75, 3.05) is 5.32 Å². The third-order valence-corrected chi connectivity index (χ3v) is 4.06. The van der Waals surface area contributed by atoms with E-state index >= 15 is 0 Å². The summed E-state index contributed by atoms with van der Waals surface area (Å²) in [6, 6.07) is 17.1. The van der Waals surface area contributed by atoms with Crippen LogP contribution in [0.4, 0.5) is 10.2 Å². The van der Waals surface area contributed by atoms with Crippen LogP contribution in [0.2, 0.25) is 5.02 Å². The molecule has 132 valence electrons. The number of carbonyl (C=O) groups is 1. The third kappa shape index (κ3) is 4.80. The molecule has 0 spiro atoms. The highest BCUT2D eigenvalue weighted by Crippen LogP contribution is 2.13. The van der Waals surface area contributed by atoms with Gasteiger partial charge in [-0.3, -0.25) is 4.79 Å². The second-order valence-corrected chi connectivity index (χ2v) is 6.12. The zero-order valence-corrected chi connectivity index (χ0v) is 14.6. The van der Waals surface area contributed by atoms with Gasteiger partial charge in [-0.15, -0.1) is 0 Å². The summed E-state index contributed by atoms with van der Waals surface area (Å²) in [5.74, 6) is -0.0449. The number of nitrogens with one attached hydrogen (secondary N) is 2. The summed E-state index contributed by atoms with van der Waals surface area (Å²) in [5.41, 5.74) is 1.94. The van der Waals surface area contributed by atoms with Crippen LogP contribution in [0.15, 0.2) is 66.9 Å². The lowest BCUT2D eigenvalue weighted by Gasteiger charge is -2.09. The third-order valence-electron chi connectivity index (χ3n) is 3.81. The number of hydrogen-bond acceptors (Lipinski definition) is 3. The number of halogens is 2. The van der Waals surface area contributed by atoms with Gasteiger partial charge in [0.2, 0.25) is 0 Å². The molecule has 0 aliphatic rings. The standard InChI is InChI=1S/C20H17ClFN3O/c21-17-7-5-14(6-8-17)12-24-19-11-15(9-10-23-19)20(26)25-13-16-3-1-2-4-18(16)22/h1-11H,12-13H2,(H,23,24)(H,25,26). The number of nitrogens with zero attached hydrogens (tertiary/aromatic N) is 1. The molecular formula is C20H17ClFN3O. The molecule has 0 unspecified atom stereocenters. The Morgan fingerprint density at radius 1 is 1.04 bits per heavy atom. The van der Waals surface area contributed by atoms with Gasteiger partial charge in [-0.2, -0.15) is 0 Å². The monoisotopic (exact) mass is 369 g/mol. The highest BCUT2D eigenvalue weighted by Gasteiger charge is 2.08. The number of carbonyl (C=O) groups excluding carboxylic acids is 1. The summed E-state index contributed by atoms with van der Waals surface area (Å²) in [6.07, 6.45) is 1.56. The van der Waals surface area contributed by atoms with Gasteiger partial charge < -0.3 is 10.6 Å². The van der Waals surface area contributed by atoms with Crippen molar-refractivity contribution >= 4 is 23.3 Å². The van der Waals surface area contributed by atoms with E-state index in [1.165, 1.54) is 6.07 Å². The second kappa shape index (κ2) is 8.45. The minimum Gasteiger partial charge on any atom is -0.366 e. The van der Waals surface area contributed by atoms with E-state index < -0.39 is 0 Å². The normalized spacial score (nSPS) is 10.4. The van der Waals surface area contributed by atoms with E-state index in [-0.39, 0.29) is 18.3 Å². The minimum atomic E-state index is -0.340. The Balaban J connectivity index is 1.60. The van der Waals surface area contributed by atoms with Crippen molar-refractivity contribution in [1.29, 1.82) is 0 Å². The average Bonchev–Trinajstić information content (AvgIpc) is 2.67.